The number of nitrogen functional groups attached to an aromatic ring is 1. The Morgan fingerprint density at radius 3 is 2.50 bits per heavy atom. The molecule has 0 aliphatic rings. The maximum atomic E-state index is 11.2. The summed E-state index contributed by atoms with van der Waals surface area (Å²) < 4.78 is 0. The van der Waals surface area contributed by atoms with E-state index in [1.165, 1.54) is 0 Å². The Kier molecular flexibility index (Phi) is 4.19. The van der Waals surface area contributed by atoms with E-state index >= 15 is 0 Å². The highest BCUT2D eigenvalue weighted by Crippen LogP contribution is 2.25. The zero-order valence-electron chi connectivity index (χ0n) is 11.1. The smallest absolute Gasteiger partial charge is 0.248 e. The van der Waals surface area contributed by atoms with Gasteiger partial charge in [0.25, 0.3) is 0 Å². The third-order valence-corrected chi connectivity index (χ3v) is 2.62. The summed E-state index contributed by atoms with van der Waals surface area (Å²) >= 11 is 0. The minimum atomic E-state index is -0.842. The summed E-state index contributed by atoms with van der Waals surface area (Å²) in [4.78, 5) is 13.1. The summed E-state index contributed by atoms with van der Waals surface area (Å²) in [6, 6.07) is 4.91. The van der Waals surface area contributed by atoms with Gasteiger partial charge in [-0.1, -0.05) is 0 Å². The van der Waals surface area contributed by atoms with Crippen molar-refractivity contribution in [3.8, 4) is 0 Å². The van der Waals surface area contributed by atoms with E-state index in [1.807, 2.05) is 11.8 Å². The number of aliphatic hydroxyl groups is 1. The van der Waals surface area contributed by atoms with Crippen molar-refractivity contribution < 1.29 is 9.90 Å². The molecule has 0 saturated carbocycles. The maximum absolute atomic E-state index is 11.2. The number of nitrogens with zero attached hydrogens (tertiary/aromatic N) is 1. The number of amides is 1. The van der Waals surface area contributed by atoms with Crippen LogP contribution < -0.4 is 16.4 Å². The van der Waals surface area contributed by atoms with Crippen LogP contribution in [0.15, 0.2) is 18.2 Å². The predicted molar refractivity (Wildman–Crippen MR) is 73.6 cm³/mol. The van der Waals surface area contributed by atoms with E-state index in [0.717, 1.165) is 5.69 Å². The van der Waals surface area contributed by atoms with Gasteiger partial charge in [0, 0.05) is 18.7 Å². The molecule has 18 heavy (non-hydrogen) atoms. The molecule has 1 rings (SSSR count). The van der Waals surface area contributed by atoms with E-state index in [9.17, 15) is 9.90 Å². The number of carbonyl (C=O) groups is 1. The van der Waals surface area contributed by atoms with Crippen LogP contribution in [0.1, 0.15) is 31.1 Å². The first-order chi connectivity index (χ1) is 8.24. The van der Waals surface area contributed by atoms with Crippen LogP contribution in [0.3, 0.4) is 0 Å². The fourth-order valence-corrected chi connectivity index (χ4v) is 1.81. The van der Waals surface area contributed by atoms with Crippen LogP contribution in [0.2, 0.25) is 0 Å². The first kappa shape index (κ1) is 14.3. The molecule has 5 nitrogen and oxygen atoms in total. The van der Waals surface area contributed by atoms with Gasteiger partial charge in [0.05, 0.1) is 17.0 Å². The predicted octanol–water partition coefficient (Wildman–Crippen LogP) is 0.965. The largest absolute Gasteiger partial charge is 0.397 e. The minimum absolute atomic E-state index is 0.411. The number of benzene rings is 1. The van der Waals surface area contributed by atoms with E-state index in [-0.39, 0.29) is 0 Å². The highest BCUT2D eigenvalue weighted by molar-refractivity contribution is 5.95. The average Bonchev–Trinajstić information content (AvgIpc) is 2.25. The molecule has 0 aromatic heterocycles. The molecule has 0 saturated heterocycles. The fourth-order valence-electron chi connectivity index (χ4n) is 1.81. The summed E-state index contributed by atoms with van der Waals surface area (Å²) in [6.07, 6.45) is 0. The number of nitrogens with two attached hydrogens (primary N) is 2. The van der Waals surface area contributed by atoms with Gasteiger partial charge in [0.15, 0.2) is 0 Å². The zero-order chi connectivity index (χ0) is 13.9. The number of rotatable bonds is 5. The first-order valence-corrected chi connectivity index (χ1v) is 5.91. The van der Waals surface area contributed by atoms with E-state index in [0.29, 0.717) is 24.3 Å². The molecular weight excluding hydrogens is 230 g/mol. The molecule has 0 aliphatic carbocycles. The van der Waals surface area contributed by atoms with Gasteiger partial charge in [-0.3, -0.25) is 4.79 Å². The monoisotopic (exact) mass is 251 g/mol. The summed E-state index contributed by atoms with van der Waals surface area (Å²) in [7, 11) is 0. The lowest BCUT2D eigenvalue weighted by atomic mass is 10.1. The Morgan fingerprint density at radius 1 is 1.44 bits per heavy atom. The molecule has 0 fully saturated rings. The third kappa shape index (κ3) is 3.63. The van der Waals surface area contributed by atoms with Crippen LogP contribution in [0.25, 0.3) is 0 Å². The van der Waals surface area contributed by atoms with Crippen molar-refractivity contribution in [1.82, 2.24) is 0 Å². The second-order valence-corrected chi connectivity index (χ2v) is 4.96. The van der Waals surface area contributed by atoms with Gasteiger partial charge in [-0.15, -0.1) is 0 Å². The number of likely N-dealkylation sites (N-methyl/N-ethyl adjacent to an activating group) is 1. The lowest BCUT2D eigenvalue weighted by Crippen LogP contribution is -2.39. The zero-order valence-corrected chi connectivity index (χ0v) is 11.1. The highest BCUT2D eigenvalue weighted by Gasteiger charge is 2.19. The van der Waals surface area contributed by atoms with Gasteiger partial charge < -0.3 is 21.5 Å². The van der Waals surface area contributed by atoms with Crippen LogP contribution in [0, 0.1) is 0 Å². The third-order valence-electron chi connectivity index (χ3n) is 2.62. The summed E-state index contributed by atoms with van der Waals surface area (Å²) in [5, 5.41) is 9.88. The second-order valence-electron chi connectivity index (χ2n) is 4.96. The first-order valence-electron chi connectivity index (χ1n) is 5.91. The average molecular weight is 251 g/mol. The molecule has 0 spiro atoms. The van der Waals surface area contributed by atoms with Crippen LogP contribution >= 0.6 is 0 Å². The Balaban J connectivity index is 3.12. The summed E-state index contributed by atoms with van der Waals surface area (Å²) in [6.45, 7) is 6.52. The molecule has 0 aliphatic heterocycles. The van der Waals surface area contributed by atoms with Gasteiger partial charge in [-0.2, -0.15) is 0 Å². The van der Waals surface area contributed by atoms with E-state index < -0.39 is 11.5 Å². The normalized spacial score (nSPS) is 11.3. The molecule has 1 aromatic rings. The van der Waals surface area contributed by atoms with E-state index in [4.69, 9.17) is 11.5 Å². The second kappa shape index (κ2) is 5.27. The van der Waals surface area contributed by atoms with Crippen LogP contribution in [0.5, 0.6) is 0 Å². The summed E-state index contributed by atoms with van der Waals surface area (Å²) in [5.41, 5.74) is 12.0. The van der Waals surface area contributed by atoms with Crippen molar-refractivity contribution in [2.45, 2.75) is 26.4 Å². The topological polar surface area (TPSA) is 92.6 Å². The quantitative estimate of drug-likeness (QED) is 0.680. The SMILES string of the molecule is CCN(CC(C)(C)O)c1cc(C(N)=O)ccc1N. The van der Waals surface area contributed by atoms with Crippen LogP contribution in [0.4, 0.5) is 11.4 Å². The molecule has 0 atom stereocenters. The molecule has 5 heteroatoms. The van der Waals surface area contributed by atoms with Gasteiger partial charge >= 0.3 is 0 Å². The molecule has 5 N–H and O–H groups in total. The Morgan fingerprint density at radius 2 is 2.06 bits per heavy atom. The number of primary amides is 1. The van der Waals surface area contributed by atoms with Crippen molar-refractivity contribution in [2.24, 2.45) is 5.73 Å². The Hall–Kier alpha value is -1.75. The van der Waals surface area contributed by atoms with Crippen molar-refractivity contribution in [3.05, 3.63) is 23.8 Å². The van der Waals surface area contributed by atoms with Crippen molar-refractivity contribution >= 4 is 17.3 Å². The van der Waals surface area contributed by atoms with Crippen LogP contribution in [-0.2, 0) is 0 Å². The van der Waals surface area contributed by atoms with Gasteiger partial charge in [0.2, 0.25) is 5.91 Å². The van der Waals surface area contributed by atoms with E-state index in [1.54, 1.807) is 32.0 Å². The minimum Gasteiger partial charge on any atom is -0.397 e. The molecule has 0 radical (unpaired) electrons. The van der Waals surface area contributed by atoms with Crippen LogP contribution in [-0.4, -0.2) is 29.7 Å². The number of hydrogen-bond donors (Lipinski definition) is 3. The number of anilines is 2. The fraction of sp³-hybridized carbons (Fsp3) is 0.462. The lowest BCUT2D eigenvalue weighted by Gasteiger charge is -2.31. The number of hydrogen-bond acceptors (Lipinski definition) is 4. The number of carbonyl (C=O) groups excluding carboxylic acids is 1. The molecular formula is C13H21N3O2. The van der Waals surface area contributed by atoms with Gasteiger partial charge in [-0.05, 0) is 39.0 Å². The molecule has 0 bridgehead atoms. The van der Waals surface area contributed by atoms with Crippen molar-refractivity contribution in [1.29, 1.82) is 0 Å². The highest BCUT2D eigenvalue weighted by atomic mass is 16.3. The Labute approximate surface area is 107 Å². The molecule has 100 valence electrons. The molecule has 1 amide bonds. The van der Waals surface area contributed by atoms with Gasteiger partial charge in [0.1, 0.15) is 0 Å². The lowest BCUT2D eigenvalue weighted by molar-refractivity contribution is 0.0876. The Bertz CT molecular complexity index is 438. The molecule has 0 heterocycles. The van der Waals surface area contributed by atoms with Crippen molar-refractivity contribution in [3.63, 3.8) is 0 Å². The summed E-state index contributed by atoms with van der Waals surface area (Å²) in [5.74, 6) is -0.490. The van der Waals surface area contributed by atoms with Gasteiger partial charge in [-0.25, -0.2) is 0 Å². The van der Waals surface area contributed by atoms with Crippen molar-refractivity contribution in [2.75, 3.05) is 23.7 Å². The molecule has 1 aromatic carbocycles. The molecule has 0 unspecified atom stereocenters. The van der Waals surface area contributed by atoms with E-state index in [2.05, 4.69) is 0 Å². The maximum Gasteiger partial charge on any atom is 0.248 e. The standard InChI is InChI=1S/C13H21N3O2/c1-4-16(8-13(2,3)18)11-7-9(12(15)17)5-6-10(11)14/h5-7,18H,4,8,14H2,1-3H3,(H2,15,17).